The van der Waals surface area contributed by atoms with E-state index >= 15 is 0 Å². The Hall–Kier alpha value is -4.76. The van der Waals surface area contributed by atoms with Gasteiger partial charge in [0.25, 0.3) is 0 Å². The molecular formula is C61H95NaO13. The predicted octanol–water partition coefficient (Wildman–Crippen LogP) is 11.1. The number of aliphatic hydroxyl groups excluding tert-OH is 2. The van der Waals surface area contributed by atoms with Crippen LogP contribution in [0.15, 0.2) is 67.5 Å². The van der Waals surface area contributed by atoms with Crippen LogP contribution in [0.4, 0.5) is 0 Å². The third-order valence-corrected chi connectivity index (χ3v) is 11.1. The predicted molar refractivity (Wildman–Crippen MR) is 302 cm³/mol. The van der Waals surface area contributed by atoms with Crippen molar-refractivity contribution >= 4 is 30.2 Å². The number of aryl methyl sites for hydroxylation is 3. The van der Waals surface area contributed by atoms with Crippen LogP contribution in [-0.2, 0) is 38.3 Å². The summed E-state index contributed by atoms with van der Waals surface area (Å²) in [4.78, 5) is 21.9. The van der Waals surface area contributed by atoms with Crippen LogP contribution in [0.2, 0.25) is 0 Å². The zero-order chi connectivity index (χ0) is 55.0. The van der Waals surface area contributed by atoms with E-state index in [0.717, 1.165) is 96.0 Å². The number of carbonyl (C=O) groups excluding carboxylic acids is 2. The third kappa shape index (κ3) is 32.4. The van der Waals surface area contributed by atoms with Gasteiger partial charge in [-0.2, -0.15) is 0 Å². The Morgan fingerprint density at radius 1 is 0.480 bits per heavy atom. The second kappa shape index (κ2) is 46.5. The molecule has 3 aromatic rings. The first-order valence-electron chi connectivity index (χ1n) is 26.3. The van der Waals surface area contributed by atoms with Crippen molar-refractivity contribution in [2.24, 2.45) is 0 Å². The van der Waals surface area contributed by atoms with Gasteiger partial charge in [0.2, 0.25) is 0 Å². The van der Waals surface area contributed by atoms with Crippen LogP contribution in [0, 0.1) is 0 Å². The van der Waals surface area contributed by atoms with Gasteiger partial charge in [-0.15, -0.1) is 0 Å². The number of rotatable bonds is 30. The number of aliphatic hydroxyl groups is 2. The van der Waals surface area contributed by atoms with Gasteiger partial charge in [0.15, 0.2) is 0 Å². The molecule has 3 rings (SSSR count). The Morgan fingerprint density at radius 3 is 1.00 bits per heavy atom. The quantitative estimate of drug-likeness (QED) is 0.0279. The van der Waals surface area contributed by atoms with Gasteiger partial charge in [-0.25, -0.2) is 0 Å². The van der Waals surface area contributed by atoms with Crippen molar-refractivity contribution < 1.29 is 92.7 Å². The summed E-state index contributed by atoms with van der Waals surface area (Å²) in [6.07, 6.45) is 27.2. The van der Waals surface area contributed by atoms with E-state index in [-0.39, 0.29) is 53.1 Å². The molecule has 418 valence electrons. The molecule has 0 heterocycles. The Labute approximate surface area is 474 Å². The standard InChI is InChI=1S/C21H32O4.2C17H26O3.C6H10O2.Na.H2O/c1-6-8-9-11-17-14-19(23-4)18(20(15-17)24-5)13-12-16(3)25-21(22)10-7-2;2*1-5-6-7-8-14-11-16(19-3)15(10-9-13(2)18)17(12-14)20-4;1-3-5-6(7)8-4-2;;/h12-16H,6-11H2,1-5H3;2*9-13,18H,5-8H2,1-4H3;4H,2-3,5H2,1H3;;1H2/q;;;;+1;/p-1/b13-12+;2*10-9+;;;/t16-;;;;;/m0...../s1. The molecule has 3 N–H and O–H groups in total. The molecule has 0 radical (unpaired) electrons. The number of methoxy groups -OCH3 is 6. The molecule has 0 bridgehead atoms. The fraction of sp³-hybridized carbons (Fsp3) is 0.541. The maximum atomic E-state index is 11.6. The molecule has 13 nitrogen and oxygen atoms in total. The molecule has 0 spiro atoms. The summed E-state index contributed by atoms with van der Waals surface area (Å²) in [5.41, 5.74) is 6.26. The van der Waals surface area contributed by atoms with Crippen molar-refractivity contribution in [1.29, 1.82) is 0 Å². The molecule has 3 atom stereocenters. The van der Waals surface area contributed by atoms with E-state index in [9.17, 15) is 19.8 Å². The van der Waals surface area contributed by atoms with Gasteiger partial charge in [0.05, 0.1) is 77.8 Å². The van der Waals surface area contributed by atoms with E-state index < -0.39 is 12.2 Å². The maximum Gasteiger partial charge on any atom is 1.00 e. The summed E-state index contributed by atoms with van der Waals surface area (Å²) >= 11 is 0. The smallest absolute Gasteiger partial charge is 0.870 e. The number of hydrogen-bond donors (Lipinski definition) is 2. The number of hydrogen-bond acceptors (Lipinski definition) is 13. The number of ether oxygens (including phenoxy) is 8. The molecule has 0 fully saturated rings. The first-order chi connectivity index (χ1) is 35.1. The Morgan fingerprint density at radius 2 is 0.760 bits per heavy atom. The number of carbonyl (C=O) groups is 2. The minimum Gasteiger partial charge on any atom is -0.870 e. The minimum atomic E-state index is -0.492. The van der Waals surface area contributed by atoms with E-state index in [1.807, 2.05) is 45.1 Å². The first-order valence-corrected chi connectivity index (χ1v) is 26.3. The summed E-state index contributed by atoms with van der Waals surface area (Å²) in [6.45, 7) is 19.0. The van der Waals surface area contributed by atoms with Crippen LogP contribution in [0.3, 0.4) is 0 Å². The molecular weight excluding hydrogens is 964 g/mol. The van der Waals surface area contributed by atoms with Crippen molar-refractivity contribution in [3.8, 4) is 34.5 Å². The van der Waals surface area contributed by atoms with E-state index in [0.29, 0.717) is 12.8 Å². The second-order valence-electron chi connectivity index (χ2n) is 17.5. The summed E-state index contributed by atoms with van der Waals surface area (Å²) in [5.74, 6) is 4.30. The van der Waals surface area contributed by atoms with Gasteiger partial charge in [0.1, 0.15) is 40.6 Å². The van der Waals surface area contributed by atoms with E-state index in [2.05, 4.69) is 68.5 Å². The molecule has 0 saturated carbocycles. The van der Waals surface area contributed by atoms with Gasteiger partial charge in [-0.1, -0.05) is 91.9 Å². The molecule has 75 heavy (non-hydrogen) atoms. The largest absolute Gasteiger partial charge is 1.00 e. The van der Waals surface area contributed by atoms with Crippen LogP contribution in [0.5, 0.6) is 34.5 Å². The Bertz CT molecular complexity index is 1920. The third-order valence-electron chi connectivity index (χ3n) is 11.1. The van der Waals surface area contributed by atoms with Crippen molar-refractivity contribution in [2.75, 3.05) is 42.7 Å². The van der Waals surface area contributed by atoms with E-state index in [4.69, 9.17) is 33.2 Å². The van der Waals surface area contributed by atoms with Crippen molar-refractivity contribution in [3.63, 3.8) is 0 Å². The molecule has 0 aliphatic heterocycles. The average molecular weight is 1060 g/mol. The van der Waals surface area contributed by atoms with Crippen molar-refractivity contribution in [3.05, 3.63) is 101 Å². The summed E-state index contributed by atoms with van der Waals surface area (Å²) < 4.78 is 42.7. The van der Waals surface area contributed by atoms with Crippen molar-refractivity contribution in [1.82, 2.24) is 0 Å². The van der Waals surface area contributed by atoms with Crippen LogP contribution in [-0.4, -0.2) is 88.6 Å². The SMILES string of the molecule is C=COC(=O)CCC.CCCCCc1cc(OC)c(/C=C/C(C)O)c(OC)c1.CCCCCc1cc(OC)c(/C=C/C(C)O)c(OC)c1.CCCCCc1cc(OC)c(/C=C/[C@H](C)OC(=O)CCC)c(OC)c1.[Na+].[OH-]. The van der Waals surface area contributed by atoms with Crippen LogP contribution >= 0.6 is 0 Å². The maximum absolute atomic E-state index is 11.6. The van der Waals surface area contributed by atoms with E-state index in [1.54, 1.807) is 68.7 Å². The first kappa shape index (κ1) is 74.5. The number of esters is 2. The van der Waals surface area contributed by atoms with Gasteiger partial charge in [0, 0.05) is 12.8 Å². The monoisotopic (exact) mass is 1060 g/mol. The summed E-state index contributed by atoms with van der Waals surface area (Å²) in [5, 5.41) is 18.7. The molecule has 2 unspecified atom stereocenters. The molecule has 0 aromatic heterocycles. The molecule has 0 amide bonds. The normalized spacial score (nSPS) is 11.7. The number of unbranched alkanes of at least 4 members (excludes halogenated alkanes) is 6. The van der Waals surface area contributed by atoms with Crippen LogP contribution < -0.4 is 58.0 Å². The Kier molecular flexibility index (Phi) is 46.2. The van der Waals surface area contributed by atoms with E-state index in [1.165, 1.54) is 68.1 Å². The molecule has 0 aliphatic rings. The average Bonchev–Trinajstić information content (AvgIpc) is 3.37. The van der Waals surface area contributed by atoms with Gasteiger partial charge < -0.3 is 53.6 Å². The zero-order valence-corrected chi connectivity index (χ0v) is 50.7. The van der Waals surface area contributed by atoms with Gasteiger partial charge in [-0.3, -0.25) is 9.59 Å². The molecule has 14 heteroatoms. The zero-order valence-electron chi connectivity index (χ0n) is 48.7. The molecule has 0 saturated heterocycles. The summed E-state index contributed by atoms with van der Waals surface area (Å²) in [7, 11) is 9.95. The van der Waals surface area contributed by atoms with Crippen molar-refractivity contribution in [2.45, 2.75) is 176 Å². The van der Waals surface area contributed by atoms with Gasteiger partial charge >= 0.3 is 41.5 Å². The molecule has 3 aromatic carbocycles. The van der Waals surface area contributed by atoms with Gasteiger partial charge in [-0.05, 0) is 150 Å². The molecule has 0 aliphatic carbocycles. The topological polar surface area (TPSA) is 178 Å². The fourth-order valence-corrected chi connectivity index (χ4v) is 7.21. The number of benzene rings is 3. The fourth-order valence-electron chi connectivity index (χ4n) is 7.21. The Balaban J connectivity index is -0.000000959. The minimum absolute atomic E-state index is 0. The second-order valence-corrected chi connectivity index (χ2v) is 17.5. The van der Waals surface area contributed by atoms with Crippen LogP contribution in [0.1, 0.15) is 172 Å². The van der Waals surface area contributed by atoms with Crippen LogP contribution in [0.25, 0.3) is 18.2 Å². The summed E-state index contributed by atoms with van der Waals surface area (Å²) in [6, 6.07) is 12.3.